The highest BCUT2D eigenvalue weighted by molar-refractivity contribution is 5.85. The minimum Gasteiger partial charge on any atom is -0.458 e. The summed E-state index contributed by atoms with van der Waals surface area (Å²) in [6, 6.07) is 8.42. The number of carbonyl (C=O) groups excluding carboxylic acids is 2. The summed E-state index contributed by atoms with van der Waals surface area (Å²) in [6.07, 6.45) is 2.17. The smallest absolute Gasteiger partial charge is 0.333 e. The van der Waals surface area contributed by atoms with E-state index in [0.717, 1.165) is 18.4 Å². The number of amides is 1. The summed E-state index contributed by atoms with van der Waals surface area (Å²) >= 11 is 0. The minimum absolute atomic E-state index is 0.128. The summed E-state index contributed by atoms with van der Waals surface area (Å²) in [5.41, 5.74) is 0.148. The first-order valence-electron chi connectivity index (χ1n) is 7.40. The number of hydrogen-bond acceptors (Lipinski definition) is 3. The average Bonchev–Trinajstić information content (AvgIpc) is 2.41. The van der Waals surface area contributed by atoms with Gasteiger partial charge in [-0.3, -0.25) is 4.79 Å². The van der Waals surface area contributed by atoms with Crippen LogP contribution in [0.4, 0.5) is 0 Å². The van der Waals surface area contributed by atoms with E-state index in [1.165, 1.54) is 0 Å². The Morgan fingerprint density at radius 3 is 2.33 bits per heavy atom. The van der Waals surface area contributed by atoms with Gasteiger partial charge in [-0.05, 0) is 32.8 Å². The van der Waals surface area contributed by atoms with Crippen molar-refractivity contribution in [2.45, 2.75) is 58.6 Å². The summed E-state index contributed by atoms with van der Waals surface area (Å²) in [6.45, 7) is 7.46. The van der Waals surface area contributed by atoms with Gasteiger partial charge >= 0.3 is 5.97 Å². The van der Waals surface area contributed by atoms with Gasteiger partial charge in [-0.1, -0.05) is 43.7 Å². The van der Waals surface area contributed by atoms with Crippen LogP contribution >= 0.6 is 0 Å². The van der Waals surface area contributed by atoms with Crippen LogP contribution in [0.2, 0.25) is 0 Å². The van der Waals surface area contributed by atoms with Crippen LogP contribution in [-0.4, -0.2) is 17.5 Å². The molecule has 116 valence electrons. The zero-order valence-electron chi connectivity index (χ0n) is 13.3. The lowest BCUT2D eigenvalue weighted by Crippen LogP contribution is -2.38. The molecule has 0 heterocycles. The van der Waals surface area contributed by atoms with Crippen molar-refractivity contribution in [3.8, 4) is 0 Å². The third-order valence-corrected chi connectivity index (χ3v) is 2.84. The van der Waals surface area contributed by atoms with Crippen molar-refractivity contribution in [1.29, 1.82) is 0 Å². The molecule has 0 fully saturated rings. The normalized spacial score (nSPS) is 12.6. The van der Waals surface area contributed by atoms with Gasteiger partial charge in [-0.25, -0.2) is 4.79 Å². The predicted molar refractivity (Wildman–Crippen MR) is 82.7 cm³/mol. The SMILES string of the molecule is CCCCC(=O)N[C@H](C(=O)OC(C)(C)C)c1ccccc1. The van der Waals surface area contributed by atoms with Crippen LogP contribution in [0.25, 0.3) is 0 Å². The van der Waals surface area contributed by atoms with Crippen LogP contribution in [0, 0.1) is 0 Å². The summed E-state index contributed by atoms with van der Waals surface area (Å²) in [7, 11) is 0. The van der Waals surface area contributed by atoms with E-state index in [0.29, 0.717) is 6.42 Å². The standard InChI is InChI=1S/C17H25NO3/c1-5-6-12-14(19)18-15(13-10-8-7-9-11-13)16(20)21-17(2,3)4/h7-11,15H,5-6,12H2,1-4H3,(H,18,19)/t15-/m0/s1. The van der Waals surface area contributed by atoms with Gasteiger partial charge in [0, 0.05) is 6.42 Å². The van der Waals surface area contributed by atoms with Crippen molar-refractivity contribution in [3.05, 3.63) is 35.9 Å². The number of nitrogens with one attached hydrogen (secondary N) is 1. The quantitative estimate of drug-likeness (QED) is 0.817. The average molecular weight is 291 g/mol. The minimum atomic E-state index is -0.755. The fraction of sp³-hybridized carbons (Fsp3) is 0.529. The number of benzene rings is 1. The highest BCUT2D eigenvalue weighted by Crippen LogP contribution is 2.19. The molecule has 0 aliphatic rings. The summed E-state index contributed by atoms with van der Waals surface area (Å²) in [5.74, 6) is -0.560. The molecular formula is C17H25NO3. The van der Waals surface area contributed by atoms with Gasteiger partial charge in [0.15, 0.2) is 6.04 Å². The fourth-order valence-electron chi connectivity index (χ4n) is 1.86. The lowest BCUT2D eigenvalue weighted by atomic mass is 10.1. The van der Waals surface area contributed by atoms with E-state index in [4.69, 9.17) is 4.74 Å². The van der Waals surface area contributed by atoms with Crippen LogP contribution < -0.4 is 5.32 Å². The van der Waals surface area contributed by atoms with Gasteiger partial charge in [0.05, 0.1) is 0 Å². The maximum atomic E-state index is 12.3. The molecule has 1 amide bonds. The lowest BCUT2D eigenvalue weighted by Gasteiger charge is -2.24. The highest BCUT2D eigenvalue weighted by Gasteiger charge is 2.27. The maximum Gasteiger partial charge on any atom is 0.333 e. The first-order chi connectivity index (χ1) is 9.83. The molecule has 0 radical (unpaired) electrons. The number of esters is 1. The Morgan fingerprint density at radius 2 is 1.81 bits per heavy atom. The molecule has 0 saturated heterocycles. The van der Waals surface area contributed by atoms with Gasteiger partial charge in [0.1, 0.15) is 5.60 Å². The van der Waals surface area contributed by atoms with Gasteiger partial charge in [0.25, 0.3) is 0 Å². The summed E-state index contributed by atoms with van der Waals surface area (Å²) in [5, 5.41) is 2.78. The second-order valence-corrected chi connectivity index (χ2v) is 6.05. The Hall–Kier alpha value is -1.84. The molecule has 0 bridgehead atoms. The number of hydrogen-bond donors (Lipinski definition) is 1. The van der Waals surface area contributed by atoms with Crippen LogP contribution in [0.3, 0.4) is 0 Å². The first kappa shape index (κ1) is 17.2. The Kier molecular flexibility index (Phi) is 6.40. The summed E-state index contributed by atoms with van der Waals surface area (Å²) < 4.78 is 5.41. The van der Waals surface area contributed by atoms with Crippen molar-refractivity contribution < 1.29 is 14.3 Å². The second kappa shape index (κ2) is 7.81. The predicted octanol–water partition coefficient (Wildman–Crippen LogP) is 3.38. The molecule has 4 heteroatoms. The van der Waals surface area contributed by atoms with Crippen LogP contribution in [0.5, 0.6) is 0 Å². The number of unbranched alkanes of at least 4 members (excludes halogenated alkanes) is 1. The zero-order valence-corrected chi connectivity index (χ0v) is 13.3. The first-order valence-corrected chi connectivity index (χ1v) is 7.40. The molecule has 1 rings (SSSR count). The van der Waals surface area contributed by atoms with E-state index in [2.05, 4.69) is 5.32 Å². The zero-order chi connectivity index (χ0) is 15.9. The molecule has 0 aromatic heterocycles. The molecule has 0 aliphatic heterocycles. The van der Waals surface area contributed by atoms with Gasteiger partial charge in [-0.2, -0.15) is 0 Å². The highest BCUT2D eigenvalue weighted by atomic mass is 16.6. The fourth-order valence-corrected chi connectivity index (χ4v) is 1.86. The van der Waals surface area contributed by atoms with Crippen molar-refractivity contribution >= 4 is 11.9 Å². The molecule has 4 nitrogen and oxygen atoms in total. The van der Waals surface area contributed by atoms with Crippen molar-refractivity contribution in [2.75, 3.05) is 0 Å². The molecule has 0 aliphatic carbocycles. The molecule has 0 saturated carbocycles. The number of rotatable bonds is 6. The van der Waals surface area contributed by atoms with Crippen molar-refractivity contribution in [1.82, 2.24) is 5.32 Å². The Morgan fingerprint density at radius 1 is 1.19 bits per heavy atom. The van der Waals surface area contributed by atoms with E-state index in [-0.39, 0.29) is 5.91 Å². The monoisotopic (exact) mass is 291 g/mol. The number of ether oxygens (including phenoxy) is 1. The third kappa shape index (κ3) is 6.43. The molecule has 1 aromatic carbocycles. The molecular weight excluding hydrogens is 266 g/mol. The van der Waals surface area contributed by atoms with Gasteiger partial charge in [0.2, 0.25) is 5.91 Å². The molecule has 0 unspecified atom stereocenters. The maximum absolute atomic E-state index is 12.3. The van der Waals surface area contributed by atoms with Crippen molar-refractivity contribution in [3.63, 3.8) is 0 Å². The van der Waals surface area contributed by atoms with Gasteiger partial charge in [-0.15, -0.1) is 0 Å². The van der Waals surface area contributed by atoms with Crippen LogP contribution in [-0.2, 0) is 14.3 Å². The van der Waals surface area contributed by atoms with E-state index >= 15 is 0 Å². The Bertz CT molecular complexity index is 463. The van der Waals surface area contributed by atoms with Gasteiger partial charge < -0.3 is 10.1 Å². The summed E-state index contributed by atoms with van der Waals surface area (Å²) in [4.78, 5) is 24.3. The van der Waals surface area contributed by atoms with E-state index < -0.39 is 17.6 Å². The van der Waals surface area contributed by atoms with E-state index in [1.54, 1.807) is 0 Å². The largest absolute Gasteiger partial charge is 0.458 e. The molecule has 1 atom stereocenters. The third-order valence-electron chi connectivity index (χ3n) is 2.84. The molecule has 1 aromatic rings. The Balaban J connectivity index is 2.85. The van der Waals surface area contributed by atoms with Crippen LogP contribution in [0.1, 0.15) is 58.6 Å². The molecule has 21 heavy (non-hydrogen) atoms. The van der Waals surface area contributed by atoms with Crippen molar-refractivity contribution in [2.24, 2.45) is 0 Å². The molecule has 0 spiro atoms. The second-order valence-electron chi connectivity index (χ2n) is 6.05. The van der Waals surface area contributed by atoms with E-state index in [1.807, 2.05) is 58.0 Å². The lowest BCUT2D eigenvalue weighted by molar-refractivity contribution is -0.158. The Labute approximate surface area is 126 Å². The van der Waals surface area contributed by atoms with Crippen LogP contribution in [0.15, 0.2) is 30.3 Å². The van der Waals surface area contributed by atoms with E-state index in [9.17, 15) is 9.59 Å². The molecule has 1 N–H and O–H groups in total. The topological polar surface area (TPSA) is 55.4 Å². The number of carbonyl (C=O) groups is 2.